The zero-order chi connectivity index (χ0) is 21.7. The molecule has 3 heterocycles. The minimum absolute atomic E-state index is 0.351. The van der Waals surface area contributed by atoms with Crippen LogP contribution in [0.15, 0.2) is 47.6 Å². The molecule has 0 amide bonds. The van der Waals surface area contributed by atoms with Crippen LogP contribution in [0, 0.1) is 18.8 Å². The quantitative estimate of drug-likeness (QED) is 0.408. The molecule has 0 saturated heterocycles. The smallest absolute Gasteiger partial charge is 0.159 e. The van der Waals surface area contributed by atoms with Crippen LogP contribution in [-0.2, 0) is 6.54 Å². The fraction of sp³-hybridized carbons (Fsp3) is 0.440. The van der Waals surface area contributed by atoms with Crippen LogP contribution in [-0.4, -0.2) is 26.2 Å². The van der Waals surface area contributed by atoms with Crippen molar-refractivity contribution in [2.45, 2.75) is 62.0 Å². The molecular weight excluding hydrogens is 416 g/mol. The van der Waals surface area contributed by atoms with Crippen molar-refractivity contribution in [2.75, 3.05) is 10.6 Å². The summed E-state index contributed by atoms with van der Waals surface area (Å²) < 4.78 is 0. The minimum Gasteiger partial charge on any atom is -0.353 e. The molecule has 0 radical (unpaired) electrons. The third-order valence-corrected chi connectivity index (χ3v) is 8.48. The molecule has 1 aromatic carbocycles. The first-order chi connectivity index (χ1) is 15.5. The van der Waals surface area contributed by atoms with Crippen molar-refractivity contribution in [1.29, 1.82) is 0 Å². The molecular formula is C25H30N6S. The average Bonchev–Trinajstić information content (AvgIpc) is 3.55. The Kier molecular flexibility index (Phi) is 4.91. The van der Waals surface area contributed by atoms with Crippen molar-refractivity contribution in [1.82, 2.24) is 20.5 Å². The lowest BCUT2D eigenvalue weighted by Gasteiger charge is -2.26. The molecule has 3 aromatic rings. The van der Waals surface area contributed by atoms with Crippen LogP contribution >= 0.6 is 11.8 Å². The number of nitrogens with zero attached hydrogens (tertiary/aromatic N) is 2. The Morgan fingerprint density at radius 2 is 2.12 bits per heavy atom. The number of aromatic nitrogens is 3. The monoisotopic (exact) mass is 446 g/mol. The highest BCUT2D eigenvalue weighted by molar-refractivity contribution is 8.01. The van der Waals surface area contributed by atoms with E-state index in [1.165, 1.54) is 41.7 Å². The number of fused-ring (bicyclic) bond motifs is 3. The summed E-state index contributed by atoms with van der Waals surface area (Å²) in [4.78, 5) is 5.47. The third-order valence-electron chi connectivity index (χ3n) is 7.31. The number of thioether (sulfide) groups is 1. The summed E-state index contributed by atoms with van der Waals surface area (Å²) in [5.74, 6) is 2.77. The van der Waals surface area contributed by atoms with Crippen LogP contribution in [0.3, 0.4) is 0 Å². The first kappa shape index (κ1) is 20.1. The van der Waals surface area contributed by atoms with Gasteiger partial charge < -0.3 is 16.0 Å². The van der Waals surface area contributed by atoms with Gasteiger partial charge in [-0.3, -0.25) is 5.10 Å². The molecule has 32 heavy (non-hydrogen) atoms. The Morgan fingerprint density at radius 1 is 1.19 bits per heavy atom. The molecule has 3 aliphatic rings. The SMILES string of the molecule is Cc1[nH]ncc1-c1ccc2c(c1)SC(C)(Nc1cc(CNC3C[C@@H]4CC[C@H]3C4)ccn1)N2. The maximum atomic E-state index is 4.59. The molecule has 4 atom stereocenters. The lowest BCUT2D eigenvalue weighted by atomic mass is 9.95. The van der Waals surface area contributed by atoms with Gasteiger partial charge in [-0.15, -0.1) is 0 Å². The second-order valence-corrected chi connectivity index (χ2v) is 11.2. The Hall–Kier alpha value is -2.51. The Morgan fingerprint density at radius 3 is 2.91 bits per heavy atom. The normalized spacial score (nSPS) is 28.0. The number of aryl methyl sites for hydroxylation is 1. The number of rotatable bonds is 6. The van der Waals surface area contributed by atoms with Crippen LogP contribution in [0.5, 0.6) is 0 Å². The highest BCUT2D eigenvalue weighted by Gasteiger charge is 2.39. The van der Waals surface area contributed by atoms with Gasteiger partial charge in [-0.05, 0) is 80.3 Å². The van der Waals surface area contributed by atoms with E-state index in [-0.39, 0.29) is 4.99 Å². The predicted octanol–water partition coefficient (Wildman–Crippen LogP) is 5.36. The number of H-pyrrole nitrogens is 1. The maximum absolute atomic E-state index is 4.59. The summed E-state index contributed by atoms with van der Waals surface area (Å²) in [5.41, 5.74) is 5.84. The largest absolute Gasteiger partial charge is 0.353 e. The lowest BCUT2D eigenvalue weighted by molar-refractivity contribution is 0.350. The molecule has 2 bridgehead atoms. The molecule has 4 N–H and O–H groups in total. The van der Waals surface area contributed by atoms with Crippen molar-refractivity contribution in [3.05, 3.63) is 54.0 Å². The molecule has 6 rings (SSSR count). The van der Waals surface area contributed by atoms with E-state index in [1.54, 1.807) is 11.8 Å². The van der Waals surface area contributed by atoms with Gasteiger partial charge in [0.2, 0.25) is 0 Å². The third kappa shape index (κ3) is 3.77. The van der Waals surface area contributed by atoms with E-state index in [4.69, 9.17) is 0 Å². The van der Waals surface area contributed by atoms with Gasteiger partial charge in [0.25, 0.3) is 0 Å². The van der Waals surface area contributed by atoms with Crippen LogP contribution < -0.4 is 16.0 Å². The summed E-state index contributed by atoms with van der Waals surface area (Å²) in [5, 5.41) is 18.3. The molecule has 166 valence electrons. The van der Waals surface area contributed by atoms with Crippen LogP contribution in [0.25, 0.3) is 11.1 Å². The second-order valence-electron chi connectivity index (χ2n) is 9.72. The van der Waals surface area contributed by atoms with Crippen molar-refractivity contribution in [3.8, 4) is 11.1 Å². The zero-order valence-corrected chi connectivity index (χ0v) is 19.4. The molecule has 6 nitrogen and oxygen atoms in total. The predicted molar refractivity (Wildman–Crippen MR) is 131 cm³/mol. The Balaban J connectivity index is 1.13. The van der Waals surface area contributed by atoms with Gasteiger partial charge in [-0.2, -0.15) is 5.10 Å². The number of aromatic amines is 1. The Bertz CT molecular complexity index is 1140. The molecule has 1 aliphatic heterocycles. The van der Waals surface area contributed by atoms with E-state index in [1.807, 2.05) is 12.4 Å². The van der Waals surface area contributed by atoms with Gasteiger partial charge >= 0.3 is 0 Å². The van der Waals surface area contributed by atoms with Crippen LogP contribution in [0.1, 0.15) is 43.9 Å². The Labute approximate surface area is 193 Å². The van der Waals surface area contributed by atoms with Gasteiger partial charge in [0.15, 0.2) is 4.99 Å². The summed E-state index contributed by atoms with van der Waals surface area (Å²) in [6.45, 7) is 5.13. The first-order valence-corrected chi connectivity index (χ1v) is 12.4. The van der Waals surface area contributed by atoms with E-state index in [9.17, 15) is 0 Å². The van der Waals surface area contributed by atoms with Crippen molar-refractivity contribution < 1.29 is 0 Å². The lowest BCUT2D eigenvalue weighted by Crippen LogP contribution is -2.36. The van der Waals surface area contributed by atoms with Crippen LogP contribution in [0.2, 0.25) is 0 Å². The number of anilines is 2. The first-order valence-electron chi connectivity index (χ1n) is 11.6. The second kappa shape index (κ2) is 7.81. The van der Waals surface area contributed by atoms with E-state index in [0.29, 0.717) is 6.04 Å². The fourth-order valence-corrected chi connectivity index (χ4v) is 6.89. The van der Waals surface area contributed by atoms with Crippen molar-refractivity contribution in [3.63, 3.8) is 0 Å². The zero-order valence-electron chi connectivity index (χ0n) is 18.6. The highest BCUT2D eigenvalue weighted by Crippen LogP contribution is 2.47. The van der Waals surface area contributed by atoms with Gasteiger partial charge in [0, 0.05) is 34.9 Å². The molecule has 2 aromatic heterocycles. The van der Waals surface area contributed by atoms with E-state index >= 15 is 0 Å². The molecule has 2 aliphatic carbocycles. The fourth-order valence-electron chi connectivity index (χ4n) is 5.72. The minimum atomic E-state index is -0.351. The molecule has 2 fully saturated rings. The summed E-state index contributed by atoms with van der Waals surface area (Å²) in [6, 6.07) is 11.5. The average molecular weight is 447 g/mol. The number of hydrogen-bond acceptors (Lipinski definition) is 6. The number of benzene rings is 1. The van der Waals surface area contributed by atoms with E-state index in [2.05, 4.69) is 75.3 Å². The van der Waals surface area contributed by atoms with E-state index < -0.39 is 0 Å². The number of hydrogen-bond donors (Lipinski definition) is 4. The summed E-state index contributed by atoms with van der Waals surface area (Å²) in [7, 11) is 0. The van der Waals surface area contributed by atoms with Gasteiger partial charge in [0.05, 0.1) is 11.9 Å². The summed E-state index contributed by atoms with van der Waals surface area (Å²) in [6.07, 6.45) is 9.45. The molecule has 7 heteroatoms. The molecule has 2 unspecified atom stereocenters. The highest BCUT2D eigenvalue weighted by atomic mass is 32.2. The number of nitrogens with one attached hydrogen (secondary N) is 4. The molecule has 0 spiro atoms. The van der Waals surface area contributed by atoms with Gasteiger partial charge in [-0.25, -0.2) is 4.98 Å². The van der Waals surface area contributed by atoms with E-state index in [0.717, 1.165) is 41.1 Å². The van der Waals surface area contributed by atoms with Crippen molar-refractivity contribution in [2.24, 2.45) is 11.8 Å². The topological polar surface area (TPSA) is 77.7 Å². The maximum Gasteiger partial charge on any atom is 0.159 e. The summed E-state index contributed by atoms with van der Waals surface area (Å²) >= 11 is 1.79. The number of pyridine rings is 1. The molecule has 2 saturated carbocycles. The van der Waals surface area contributed by atoms with Gasteiger partial charge in [-0.1, -0.05) is 24.2 Å². The van der Waals surface area contributed by atoms with Crippen LogP contribution in [0.4, 0.5) is 11.5 Å². The standard InChI is InChI=1S/C25H30N6S/c1-15-20(14-28-31-15)18-5-6-21-23(12-18)32-25(2,29-21)30-24-11-17(7-8-26-24)13-27-22-10-16-3-4-19(22)9-16/h5-8,11-12,14,16,19,22,27,29H,3-4,9-10,13H2,1-2H3,(H,26,30)(H,28,31)/t16-,19+,22?,25?/m1/s1. The van der Waals surface area contributed by atoms with Crippen molar-refractivity contribution >= 4 is 23.3 Å². The van der Waals surface area contributed by atoms with Gasteiger partial charge in [0.1, 0.15) is 5.82 Å².